The first-order valence-electron chi connectivity index (χ1n) is 9.15. The van der Waals surface area contributed by atoms with Crippen molar-refractivity contribution in [3.8, 4) is 5.75 Å². The summed E-state index contributed by atoms with van der Waals surface area (Å²) in [6.07, 6.45) is -3.11. The second-order valence-corrected chi connectivity index (χ2v) is 8.67. The third-order valence-electron chi connectivity index (χ3n) is 4.44. The highest BCUT2D eigenvalue weighted by Gasteiger charge is 2.35. The Hall–Kier alpha value is -3.54. The molecule has 2 N–H and O–H groups in total. The third kappa shape index (κ3) is 5.19. The molecule has 0 fully saturated rings. The van der Waals surface area contributed by atoms with Gasteiger partial charge in [0, 0.05) is 13.2 Å². The number of nitrogens with zero attached hydrogens (tertiary/aromatic N) is 3. The Morgan fingerprint density at radius 2 is 1.62 bits per heavy atom. The number of aromatic nitrogens is 2. The zero-order chi connectivity index (χ0) is 23.5. The van der Waals surface area contributed by atoms with Crippen LogP contribution in [-0.4, -0.2) is 38.8 Å². The molecule has 0 aliphatic carbocycles. The highest BCUT2D eigenvalue weighted by Crippen LogP contribution is 2.37. The molecule has 0 radical (unpaired) electrons. The number of halogens is 3. The highest BCUT2D eigenvalue weighted by molar-refractivity contribution is 7.92. The molecule has 0 saturated heterocycles. The number of hydrogen-bond acceptors (Lipinski definition) is 7. The number of ether oxygens (including phenoxy) is 1. The topological polar surface area (TPSA) is 96.5 Å². The molecular formula is C20H20F3N5O3S. The van der Waals surface area contributed by atoms with E-state index in [1.54, 1.807) is 36.4 Å². The van der Waals surface area contributed by atoms with Crippen molar-refractivity contribution in [2.24, 2.45) is 0 Å². The van der Waals surface area contributed by atoms with E-state index in [1.165, 1.54) is 26.3 Å². The predicted octanol–water partition coefficient (Wildman–Crippen LogP) is 4.39. The number of hydrogen-bond donors (Lipinski definition) is 2. The maximum absolute atomic E-state index is 13.6. The SMILES string of the molecule is COc1ccccc1Nc1ncc(C(F)(F)F)c(Nc2ccccc2N(C)S(C)(=O)=O)n1. The van der Waals surface area contributed by atoms with Crippen LogP contribution >= 0.6 is 0 Å². The lowest BCUT2D eigenvalue weighted by Gasteiger charge is -2.22. The fourth-order valence-corrected chi connectivity index (χ4v) is 3.29. The molecule has 0 atom stereocenters. The second kappa shape index (κ2) is 8.91. The first kappa shape index (κ1) is 23.1. The molecule has 32 heavy (non-hydrogen) atoms. The van der Waals surface area contributed by atoms with Crippen LogP contribution in [0.25, 0.3) is 0 Å². The molecule has 170 valence electrons. The van der Waals surface area contributed by atoms with Gasteiger partial charge in [-0.15, -0.1) is 0 Å². The summed E-state index contributed by atoms with van der Waals surface area (Å²) in [7, 11) is -0.898. The minimum absolute atomic E-state index is 0.112. The molecule has 0 aliphatic rings. The number of sulfonamides is 1. The molecule has 2 aromatic carbocycles. The maximum atomic E-state index is 13.6. The van der Waals surface area contributed by atoms with E-state index in [1.807, 2.05) is 0 Å². The van der Waals surface area contributed by atoms with Crippen molar-refractivity contribution in [1.29, 1.82) is 0 Å². The summed E-state index contributed by atoms with van der Waals surface area (Å²) in [5, 5.41) is 5.44. The smallest absolute Gasteiger partial charge is 0.421 e. The Morgan fingerprint density at radius 1 is 1.00 bits per heavy atom. The van der Waals surface area contributed by atoms with Gasteiger partial charge in [0.25, 0.3) is 0 Å². The number of benzene rings is 2. The summed E-state index contributed by atoms with van der Waals surface area (Å²) in [6.45, 7) is 0. The first-order chi connectivity index (χ1) is 15.0. The van der Waals surface area contributed by atoms with Gasteiger partial charge in [0.05, 0.1) is 30.4 Å². The Balaban J connectivity index is 2.05. The number of nitrogens with one attached hydrogen (secondary N) is 2. The van der Waals surface area contributed by atoms with Crippen molar-refractivity contribution in [3.63, 3.8) is 0 Å². The molecular weight excluding hydrogens is 447 g/mol. The molecule has 3 aromatic rings. The van der Waals surface area contributed by atoms with Crippen LogP contribution in [0.5, 0.6) is 5.75 Å². The van der Waals surface area contributed by atoms with Crippen LogP contribution in [0.2, 0.25) is 0 Å². The Kier molecular flexibility index (Phi) is 6.44. The van der Waals surface area contributed by atoms with Crippen LogP contribution < -0.4 is 19.7 Å². The van der Waals surface area contributed by atoms with Gasteiger partial charge < -0.3 is 15.4 Å². The Labute approximate surface area is 183 Å². The first-order valence-corrected chi connectivity index (χ1v) is 11.0. The molecule has 3 rings (SSSR count). The van der Waals surface area contributed by atoms with Gasteiger partial charge in [0.1, 0.15) is 17.1 Å². The van der Waals surface area contributed by atoms with E-state index in [2.05, 4.69) is 20.6 Å². The molecule has 0 saturated carbocycles. The van der Waals surface area contributed by atoms with Gasteiger partial charge in [0.2, 0.25) is 16.0 Å². The minimum Gasteiger partial charge on any atom is -0.495 e. The number of para-hydroxylation sites is 4. The van der Waals surface area contributed by atoms with Gasteiger partial charge in [-0.3, -0.25) is 4.31 Å². The van der Waals surface area contributed by atoms with Crippen LogP contribution in [0.15, 0.2) is 54.7 Å². The van der Waals surface area contributed by atoms with Crippen LogP contribution in [0.1, 0.15) is 5.56 Å². The number of methoxy groups -OCH3 is 1. The number of rotatable bonds is 7. The molecule has 0 unspecified atom stereocenters. The fourth-order valence-electron chi connectivity index (χ4n) is 2.77. The lowest BCUT2D eigenvalue weighted by Crippen LogP contribution is -2.25. The van der Waals surface area contributed by atoms with Gasteiger partial charge in [0.15, 0.2) is 0 Å². The number of anilines is 5. The summed E-state index contributed by atoms with van der Waals surface area (Å²) in [5.74, 6) is -0.205. The van der Waals surface area contributed by atoms with E-state index in [0.29, 0.717) is 17.6 Å². The monoisotopic (exact) mass is 467 g/mol. The van der Waals surface area contributed by atoms with Crippen LogP contribution in [0.3, 0.4) is 0 Å². The maximum Gasteiger partial charge on any atom is 0.421 e. The summed E-state index contributed by atoms with van der Waals surface area (Å²) >= 11 is 0. The van der Waals surface area contributed by atoms with Crippen molar-refractivity contribution in [2.75, 3.05) is 35.4 Å². The summed E-state index contributed by atoms with van der Waals surface area (Å²) in [4.78, 5) is 7.76. The largest absolute Gasteiger partial charge is 0.495 e. The van der Waals surface area contributed by atoms with E-state index in [4.69, 9.17) is 4.74 Å². The Bertz CT molecular complexity index is 1220. The standard InChI is InChI=1S/C20H20F3N5O3S/c1-28(32(3,29)30)16-10-6-4-8-14(16)25-18-13(20(21,22)23)12-24-19(27-18)26-15-9-5-7-11-17(15)31-2/h4-12H,1-3H3,(H2,24,25,26,27). The van der Waals surface area contributed by atoms with Crippen molar-refractivity contribution in [1.82, 2.24) is 9.97 Å². The van der Waals surface area contributed by atoms with E-state index in [0.717, 1.165) is 10.6 Å². The molecule has 8 nitrogen and oxygen atoms in total. The van der Waals surface area contributed by atoms with Crippen molar-refractivity contribution >= 4 is 38.9 Å². The normalized spacial score (nSPS) is 11.7. The lowest BCUT2D eigenvalue weighted by molar-refractivity contribution is -0.137. The van der Waals surface area contributed by atoms with Crippen LogP contribution in [-0.2, 0) is 16.2 Å². The average molecular weight is 467 g/mol. The summed E-state index contributed by atoms with van der Waals surface area (Å²) in [6, 6.07) is 12.8. The van der Waals surface area contributed by atoms with Crippen molar-refractivity contribution in [2.45, 2.75) is 6.18 Å². The summed E-state index contributed by atoms with van der Waals surface area (Å²) in [5.41, 5.74) is -0.383. The van der Waals surface area contributed by atoms with E-state index in [9.17, 15) is 21.6 Å². The second-order valence-electron chi connectivity index (χ2n) is 6.65. The zero-order valence-electron chi connectivity index (χ0n) is 17.3. The molecule has 0 aliphatic heterocycles. The zero-order valence-corrected chi connectivity index (χ0v) is 18.1. The van der Waals surface area contributed by atoms with Crippen molar-refractivity contribution < 1.29 is 26.3 Å². The molecule has 0 spiro atoms. The van der Waals surface area contributed by atoms with Crippen molar-refractivity contribution in [3.05, 3.63) is 60.3 Å². The van der Waals surface area contributed by atoms with Crippen LogP contribution in [0, 0.1) is 0 Å². The molecule has 1 heterocycles. The third-order valence-corrected chi connectivity index (χ3v) is 5.63. The predicted molar refractivity (Wildman–Crippen MR) is 116 cm³/mol. The highest BCUT2D eigenvalue weighted by atomic mass is 32.2. The van der Waals surface area contributed by atoms with Crippen LogP contribution in [0.4, 0.5) is 42.0 Å². The average Bonchev–Trinajstić information content (AvgIpc) is 2.73. The molecule has 12 heteroatoms. The molecule has 0 amide bonds. The lowest BCUT2D eigenvalue weighted by atomic mass is 10.2. The number of alkyl halides is 3. The molecule has 0 bridgehead atoms. The van der Waals surface area contributed by atoms with E-state index < -0.39 is 27.6 Å². The molecule has 1 aromatic heterocycles. The minimum atomic E-state index is -4.75. The van der Waals surface area contributed by atoms with E-state index >= 15 is 0 Å². The quantitative estimate of drug-likeness (QED) is 0.532. The van der Waals surface area contributed by atoms with Gasteiger partial charge >= 0.3 is 6.18 Å². The fraction of sp³-hybridized carbons (Fsp3) is 0.200. The van der Waals surface area contributed by atoms with E-state index in [-0.39, 0.29) is 17.3 Å². The van der Waals surface area contributed by atoms with Gasteiger partial charge in [-0.05, 0) is 24.3 Å². The van der Waals surface area contributed by atoms with Gasteiger partial charge in [-0.1, -0.05) is 24.3 Å². The Morgan fingerprint density at radius 3 is 2.25 bits per heavy atom. The van der Waals surface area contributed by atoms with Gasteiger partial charge in [-0.25, -0.2) is 13.4 Å². The summed E-state index contributed by atoms with van der Waals surface area (Å²) < 4.78 is 70.9. The van der Waals surface area contributed by atoms with Gasteiger partial charge in [-0.2, -0.15) is 18.2 Å².